The molecular weight excluding hydrogens is 663 g/mol. The molecule has 9 nitrogen and oxygen atoms in total. The molecule has 0 spiro atoms. The monoisotopic (exact) mass is 689 g/mol. The number of nitrogens with one attached hydrogen (secondary N) is 1. The number of pyridine rings is 1. The van der Waals surface area contributed by atoms with Crippen LogP contribution in [0.5, 0.6) is 5.88 Å². The summed E-state index contributed by atoms with van der Waals surface area (Å²) in [4.78, 5) is 27.3. The minimum absolute atomic E-state index is 0.0474. The van der Waals surface area contributed by atoms with Gasteiger partial charge in [0.05, 0.1) is 16.4 Å². The molecular formula is C27H27ClF7N3O6S. The SMILES string of the molecule is O=C(NS(=O)(=O)C1CC1)c1cc(C2CC2)c(CN2CCC(Oc3ncc(C(F)(F)F)cc3Cl)CC2)cc1F.O=C(O)C(F)(F)F. The van der Waals surface area contributed by atoms with Gasteiger partial charge in [-0.2, -0.15) is 26.3 Å². The summed E-state index contributed by atoms with van der Waals surface area (Å²) in [5.41, 5.74) is 0.377. The van der Waals surface area contributed by atoms with Crippen LogP contribution in [0, 0.1) is 5.82 Å². The fraction of sp³-hybridized carbons (Fsp3) is 0.519. The Morgan fingerprint density at radius 3 is 2.11 bits per heavy atom. The Hall–Kier alpha value is -3.18. The Kier molecular flexibility index (Phi) is 10.2. The van der Waals surface area contributed by atoms with Crippen LogP contribution in [-0.2, 0) is 27.5 Å². The minimum atomic E-state index is -5.08. The number of carboxylic acid groups (broad SMARTS) is 1. The number of amides is 1. The lowest BCUT2D eigenvalue weighted by atomic mass is 9.97. The van der Waals surface area contributed by atoms with Crippen LogP contribution in [0.2, 0.25) is 5.02 Å². The van der Waals surface area contributed by atoms with Gasteiger partial charge in [0, 0.05) is 25.8 Å². The summed E-state index contributed by atoms with van der Waals surface area (Å²) in [7, 11) is -3.79. The fourth-order valence-electron chi connectivity index (χ4n) is 4.61. The normalized spacial score (nSPS) is 18.1. The molecule has 18 heteroatoms. The third-order valence-corrected chi connectivity index (χ3v) is 9.36. The number of benzene rings is 1. The van der Waals surface area contributed by atoms with Crippen molar-refractivity contribution in [1.29, 1.82) is 0 Å². The lowest BCUT2D eigenvalue weighted by Crippen LogP contribution is -2.38. The second-order valence-electron chi connectivity index (χ2n) is 10.9. The standard InChI is InChI=1S/C25H26ClF4N3O4S.C2HF3O2/c26-21-10-16(25(28,29)30)12-31-24(21)37-17-5-7-33(8-6-17)13-15-9-22(27)20(11-19(15)14-1-2-14)23(34)32-38(35,36)18-3-4-18;3-2(4,5)1(6)7/h9-12,14,17-18H,1-8,13H2,(H,32,34);(H,6,7). The quantitative estimate of drug-likeness (QED) is 0.340. The van der Waals surface area contributed by atoms with Crippen LogP contribution in [0.1, 0.15) is 71.5 Å². The van der Waals surface area contributed by atoms with Crippen molar-refractivity contribution in [2.75, 3.05) is 13.1 Å². The lowest BCUT2D eigenvalue weighted by Gasteiger charge is -2.32. The summed E-state index contributed by atoms with van der Waals surface area (Å²) < 4.78 is 117. The van der Waals surface area contributed by atoms with Gasteiger partial charge in [0.25, 0.3) is 5.91 Å². The number of likely N-dealkylation sites (tertiary alicyclic amines) is 1. The van der Waals surface area contributed by atoms with E-state index in [-0.39, 0.29) is 28.5 Å². The number of piperidine rings is 1. The summed E-state index contributed by atoms with van der Waals surface area (Å²) >= 11 is 5.95. The molecule has 248 valence electrons. The topological polar surface area (TPSA) is 126 Å². The van der Waals surface area contributed by atoms with Gasteiger partial charge in [0.15, 0.2) is 0 Å². The van der Waals surface area contributed by atoms with Gasteiger partial charge in [-0.1, -0.05) is 11.6 Å². The van der Waals surface area contributed by atoms with E-state index >= 15 is 0 Å². The van der Waals surface area contributed by atoms with Crippen LogP contribution in [0.3, 0.4) is 0 Å². The predicted octanol–water partition coefficient (Wildman–Crippen LogP) is 5.67. The molecule has 2 N–H and O–H groups in total. The summed E-state index contributed by atoms with van der Waals surface area (Å²) in [6.07, 6.45) is -5.27. The van der Waals surface area contributed by atoms with E-state index in [4.69, 9.17) is 26.2 Å². The molecule has 45 heavy (non-hydrogen) atoms. The second kappa shape index (κ2) is 13.3. The predicted molar refractivity (Wildman–Crippen MR) is 145 cm³/mol. The maximum absolute atomic E-state index is 15.0. The average molecular weight is 690 g/mol. The van der Waals surface area contributed by atoms with Crippen molar-refractivity contribution in [2.45, 2.75) is 74.7 Å². The van der Waals surface area contributed by atoms with Gasteiger partial charge in [0.2, 0.25) is 15.9 Å². The van der Waals surface area contributed by atoms with Crippen LogP contribution in [0.15, 0.2) is 24.4 Å². The first-order valence-corrected chi connectivity index (χ1v) is 15.6. The molecule has 1 aromatic heterocycles. The molecule has 3 fully saturated rings. The van der Waals surface area contributed by atoms with Gasteiger partial charge in [0.1, 0.15) is 16.9 Å². The van der Waals surface area contributed by atoms with Gasteiger partial charge in [-0.05, 0) is 73.8 Å². The molecule has 2 heterocycles. The molecule has 0 bridgehead atoms. The summed E-state index contributed by atoms with van der Waals surface area (Å²) in [5, 5.41) is 6.33. The van der Waals surface area contributed by atoms with Crippen LogP contribution in [0.4, 0.5) is 30.7 Å². The van der Waals surface area contributed by atoms with Crippen LogP contribution in [-0.4, -0.2) is 65.9 Å². The molecule has 5 rings (SSSR count). The summed E-state index contributed by atoms with van der Waals surface area (Å²) in [6.45, 7) is 1.63. The molecule has 1 saturated heterocycles. The largest absolute Gasteiger partial charge is 0.490 e. The third-order valence-electron chi connectivity index (χ3n) is 7.27. The lowest BCUT2D eigenvalue weighted by molar-refractivity contribution is -0.192. The van der Waals surface area contributed by atoms with Crippen molar-refractivity contribution in [1.82, 2.24) is 14.6 Å². The van der Waals surface area contributed by atoms with E-state index in [1.165, 1.54) is 12.1 Å². The fourth-order valence-corrected chi connectivity index (χ4v) is 6.12. The highest BCUT2D eigenvalue weighted by molar-refractivity contribution is 7.91. The van der Waals surface area contributed by atoms with E-state index in [0.29, 0.717) is 51.5 Å². The van der Waals surface area contributed by atoms with E-state index in [0.717, 1.165) is 30.0 Å². The first kappa shape index (κ1) is 34.7. The van der Waals surface area contributed by atoms with Crippen LogP contribution < -0.4 is 9.46 Å². The Labute approximate surface area is 257 Å². The van der Waals surface area contributed by atoms with Gasteiger partial charge < -0.3 is 9.84 Å². The first-order valence-electron chi connectivity index (χ1n) is 13.6. The Morgan fingerprint density at radius 2 is 1.62 bits per heavy atom. The maximum Gasteiger partial charge on any atom is 0.490 e. The van der Waals surface area contributed by atoms with Crippen molar-refractivity contribution >= 4 is 33.5 Å². The Bertz CT molecular complexity index is 1540. The molecule has 0 atom stereocenters. The first-order chi connectivity index (χ1) is 20.8. The van der Waals surface area contributed by atoms with E-state index in [1.807, 2.05) is 4.72 Å². The van der Waals surface area contributed by atoms with Crippen molar-refractivity contribution in [3.63, 3.8) is 0 Å². The van der Waals surface area contributed by atoms with Gasteiger partial charge in [-0.25, -0.2) is 27.3 Å². The number of carbonyl (C=O) groups is 2. The maximum atomic E-state index is 15.0. The zero-order valence-corrected chi connectivity index (χ0v) is 24.8. The van der Waals surface area contributed by atoms with Crippen LogP contribution in [0.25, 0.3) is 0 Å². The summed E-state index contributed by atoms with van der Waals surface area (Å²) in [6, 6.07) is 3.59. The number of carbonyl (C=O) groups excluding carboxylic acids is 1. The molecule has 2 aliphatic carbocycles. The van der Waals surface area contributed by atoms with E-state index in [9.17, 15) is 43.9 Å². The number of aliphatic carboxylic acids is 1. The number of hydrogen-bond acceptors (Lipinski definition) is 7. The highest BCUT2D eigenvalue weighted by Crippen LogP contribution is 2.43. The zero-order chi connectivity index (χ0) is 33.3. The molecule has 3 aliphatic rings. The van der Waals surface area contributed by atoms with Crippen molar-refractivity contribution in [3.8, 4) is 5.88 Å². The van der Waals surface area contributed by atoms with Gasteiger partial charge in [-0.15, -0.1) is 0 Å². The van der Waals surface area contributed by atoms with Crippen molar-refractivity contribution in [2.24, 2.45) is 0 Å². The number of alkyl halides is 6. The number of carboxylic acids is 1. The average Bonchev–Trinajstić information content (AvgIpc) is 3.83. The number of sulfonamides is 1. The molecule has 1 amide bonds. The molecule has 1 aliphatic heterocycles. The molecule has 0 radical (unpaired) electrons. The highest BCUT2D eigenvalue weighted by Gasteiger charge is 2.39. The van der Waals surface area contributed by atoms with E-state index in [2.05, 4.69) is 9.88 Å². The zero-order valence-electron chi connectivity index (χ0n) is 23.2. The number of aromatic nitrogens is 1. The van der Waals surface area contributed by atoms with Gasteiger partial charge in [-0.3, -0.25) is 9.69 Å². The number of ether oxygens (including phenoxy) is 1. The number of hydrogen-bond donors (Lipinski definition) is 2. The van der Waals surface area contributed by atoms with Crippen LogP contribution >= 0.6 is 11.6 Å². The third kappa shape index (κ3) is 9.42. The van der Waals surface area contributed by atoms with E-state index < -0.39 is 50.9 Å². The molecule has 1 aromatic carbocycles. The second-order valence-corrected chi connectivity index (χ2v) is 13.3. The number of nitrogens with zero attached hydrogens (tertiary/aromatic N) is 2. The number of rotatable bonds is 8. The molecule has 2 saturated carbocycles. The van der Waals surface area contributed by atoms with Gasteiger partial charge >= 0.3 is 18.3 Å². The molecule has 2 aromatic rings. The Balaban J connectivity index is 0.000000591. The summed E-state index contributed by atoms with van der Waals surface area (Å²) in [5.74, 6) is -4.32. The van der Waals surface area contributed by atoms with E-state index in [1.54, 1.807) is 0 Å². The number of halogens is 8. The Morgan fingerprint density at radius 1 is 1.02 bits per heavy atom. The molecule has 0 unspecified atom stereocenters. The van der Waals surface area contributed by atoms with Crippen molar-refractivity contribution < 1.29 is 58.6 Å². The smallest absolute Gasteiger partial charge is 0.475 e. The minimum Gasteiger partial charge on any atom is -0.475 e. The van der Waals surface area contributed by atoms with Crippen molar-refractivity contribution in [3.05, 3.63) is 57.5 Å². The highest BCUT2D eigenvalue weighted by atomic mass is 35.5.